The Bertz CT molecular complexity index is 4030. The summed E-state index contributed by atoms with van der Waals surface area (Å²) < 4.78 is 7.00. The highest BCUT2D eigenvalue weighted by Gasteiger charge is 2.32. The van der Waals surface area contributed by atoms with Gasteiger partial charge in [0.25, 0.3) is 0 Å². The zero-order valence-corrected chi connectivity index (χ0v) is 37.2. The van der Waals surface area contributed by atoms with E-state index in [4.69, 9.17) is 0 Å². The molecule has 0 aliphatic heterocycles. The second kappa shape index (κ2) is 15.5. The molecule has 0 saturated carbocycles. The van der Waals surface area contributed by atoms with Crippen LogP contribution in [0.1, 0.15) is 11.1 Å². The van der Waals surface area contributed by atoms with Gasteiger partial charge >= 0.3 is 0 Å². The smallest absolute Gasteiger partial charge is 0.103 e. The van der Waals surface area contributed by atoms with Gasteiger partial charge in [-0.3, -0.25) is 9.97 Å². The second-order valence-corrected chi connectivity index (χ2v) is 18.8. The van der Waals surface area contributed by atoms with Gasteiger partial charge in [0, 0.05) is 83.2 Å². The van der Waals surface area contributed by atoms with Gasteiger partial charge < -0.3 is 4.57 Å². The number of hydrogen-bond acceptors (Lipinski definition) is 6. The molecule has 0 bridgehead atoms. The maximum absolute atomic E-state index is 12.0. The molecule has 0 aliphatic rings. The Kier molecular flexibility index (Phi) is 8.94. The van der Waals surface area contributed by atoms with E-state index in [0.717, 1.165) is 92.0 Å². The first-order chi connectivity index (χ1) is 33.2. The average Bonchev–Trinajstić information content (AvgIpc) is 4.08. The number of thiophene rings is 2. The lowest BCUT2D eigenvalue weighted by Gasteiger charge is -2.25. The summed E-state index contributed by atoms with van der Waals surface area (Å²) in [6, 6.07) is 66.9. The fourth-order valence-electron chi connectivity index (χ4n) is 10.2. The molecular formula is C60H33N5S2. The van der Waals surface area contributed by atoms with Gasteiger partial charge in [0.15, 0.2) is 0 Å². The predicted octanol–water partition coefficient (Wildman–Crippen LogP) is 16.4. The molecule has 0 unspecified atom stereocenters. The van der Waals surface area contributed by atoms with Crippen LogP contribution in [-0.2, 0) is 0 Å². The van der Waals surface area contributed by atoms with E-state index in [0.29, 0.717) is 22.4 Å². The van der Waals surface area contributed by atoms with E-state index >= 15 is 0 Å². The first kappa shape index (κ1) is 38.7. The lowest BCUT2D eigenvalue weighted by Crippen LogP contribution is -2.08. The lowest BCUT2D eigenvalue weighted by atomic mass is 9.80. The molecule has 5 heterocycles. The number of nitriles is 2. The molecule has 0 radical (unpaired) electrons. The van der Waals surface area contributed by atoms with Crippen molar-refractivity contribution in [3.05, 3.63) is 212 Å². The Morgan fingerprint density at radius 3 is 1.28 bits per heavy atom. The SMILES string of the molecule is N#Cc1c(C#N)c(-n2c3c(ccc4c5ccccc5sc43)c3ccc4c5ccccc5sc4c32)c(-c2ccccc2)c(-c2ccccc2)c1-c1cc(-c2ccncc2)cc(-c2ccncc2)c1. The van der Waals surface area contributed by atoms with Crippen molar-refractivity contribution in [3.63, 3.8) is 0 Å². The van der Waals surface area contributed by atoms with Crippen LogP contribution in [0.25, 0.3) is 123 Å². The molecule has 0 fully saturated rings. The van der Waals surface area contributed by atoms with E-state index in [9.17, 15) is 10.5 Å². The Labute approximate surface area is 393 Å². The summed E-state index contributed by atoms with van der Waals surface area (Å²) in [4.78, 5) is 8.66. The van der Waals surface area contributed by atoms with Crippen LogP contribution in [0.2, 0.25) is 0 Å². The van der Waals surface area contributed by atoms with Crippen molar-refractivity contribution in [2.45, 2.75) is 0 Å². The van der Waals surface area contributed by atoms with E-state index in [1.165, 1.54) is 20.2 Å². The van der Waals surface area contributed by atoms with Crippen molar-refractivity contribution in [3.8, 4) is 73.5 Å². The normalized spacial score (nSPS) is 11.6. The van der Waals surface area contributed by atoms with Crippen molar-refractivity contribution in [1.82, 2.24) is 14.5 Å². The number of pyridine rings is 2. The molecule has 0 spiro atoms. The van der Waals surface area contributed by atoms with Crippen LogP contribution in [0.5, 0.6) is 0 Å². The van der Waals surface area contributed by atoms with Crippen LogP contribution < -0.4 is 0 Å². The monoisotopic (exact) mass is 887 g/mol. The zero-order valence-electron chi connectivity index (χ0n) is 35.6. The number of rotatable bonds is 6. The molecule has 0 amide bonds. The molecule has 5 aromatic heterocycles. The number of aromatic nitrogens is 3. The van der Waals surface area contributed by atoms with Gasteiger partial charge in [-0.15, -0.1) is 22.7 Å². The van der Waals surface area contributed by atoms with Gasteiger partial charge in [-0.2, -0.15) is 10.5 Å². The van der Waals surface area contributed by atoms with Gasteiger partial charge in [0.1, 0.15) is 12.1 Å². The van der Waals surface area contributed by atoms with Crippen LogP contribution in [-0.4, -0.2) is 14.5 Å². The van der Waals surface area contributed by atoms with Gasteiger partial charge in [0.2, 0.25) is 0 Å². The van der Waals surface area contributed by atoms with Crippen molar-refractivity contribution >= 4 is 84.8 Å². The third-order valence-corrected chi connectivity index (χ3v) is 15.5. The number of benzene rings is 8. The van der Waals surface area contributed by atoms with E-state index in [-0.39, 0.29) is 0 Å². The molecule has 13 aromatic rings. The first-order valence-corrected chi connectivity index (χ1v) is 23.6. The van der Waals surface area contributed by atoms with Crippen LogP contribution in [0.3, 0.4) is 0 Å². The van der Waals surface area contributed by atoms with E-state index < -0.39 is 0 Å². The molecule has 67 heavy (non-hydrogen) atoms. The zero-order chi connectivity index (χ0) is 44.6. The molecule has 5 nitrogen and oxygen atoms in total. The molecule has 7 heteroatoms. The fraction of sp³-hybridized carbons (Fsp3) is 0. The highest BCUT2D eigenvalue weighted by molar-refractivity contribution is 7.27. The van der Waals surface area contributed by atoms with E-state index in [1.807, 2.05) is 36.4 Å². The van der Waals surface area contributed by atoms with Crippen molar-refractivity contribution in [2.24, 2.45) is 0 Å². The summed E-state index contributed by atoms with van der Waals surface area (Å²) in [5.41, 5.74) is 12.3. The van der Waals surface area contributed by atoms with Gasteiger partial charge in [-0.1, -0.05) is 121 Å². The standard InChI is InChI=1S/C60H33N5S2/c61-34-49-50(35-62)56(65-57-45(19-21-47-43-15-7-9-17-51(43)66-59(47)57)46-20-22-48-44-16-8-10-18-52(44)67-60(48)58(46)65)55(39-13-5-2-6-14-39)54(38-11-3-1-4-12-38)53(49)42-32-40(36-23-27-63-28-24-36)31-41(33-42)37-25-29-64-30-26-37/h1-33H. The molecule has 8 aromatic carbocycles. The van der Waals surface area contributed by atoms with E-state index in [1.54, 1.807) is 47.5 Å². The molecular weight excluding hydrogens is 855 g/mol. The first-order valence-electron chi connectivity index (χ1n) is 22.0. The molecule has 310 valence electrons. The molecule has 0 aliphatic carbocycles. The van der Waals surface area contributed by atoms with E-state index in [2.05, 4.69) is 166 Å². The Morgan fingerprint density at radius 2 is 0.791 bits per heavy atom. The predicted molar refractivity (Wildman–Crippen MR) is 279 cm³/mol. The van der Waals surface area contributed by atoms with Crippen molar-refractivity contribution < 1.29 is 0 Å². The highest BCUT2D eigenvalue weighted by Crippen LogP contribution is 2.53. The minimum atomic E-state index is 0.311. The quantitative estimate of drug-likeness (QED) is 0.167. The Morgan fingerprint density at radius 1 is 0.358 bits per heavy atom. The van der Waals surface area contributed by atoms with Crippen LogP contribution in [0, 0.1) is 22.7 Å². The molecule has 0 N–H and O–H groups in total. The van der Waals surface area contributed by atoms with Crippen LogP contribution in [0.15, 0.2) is 201 Å². The van der Waals surface area contributed by atoms with Crippen molar-refractivity contribution in [1.29, 1.82) is 10.5 Å². The minimum absolute atomic E-state index is 0.311. The molecule has 0 saturated heterocycles. The topological polar surface area (TPSA) is 78.3 Å². The number of nitrogens with zero attached hydrogens (tertiary/aromatic N) is 5. The van der Waals surface area contributed by atoms with Gasteiger partial charge in [-0.05, 0) is 93.5 Å². The van der Waals surface area contributed by atoms with Crippen LogP contribution >= 0.6 is 22.7 Å². The fourth-order valence-corrected chi connectivity index (χ4v) is 12.7. The summed E-state index contributed by atoms with van der Waals surface area (Å²) >= 11 is 3.55. The third kappa shape index (κ3) is 5.97. The maximum atomic E-state index is 12.0. The summed E-state index contributed by atoms with van der Waals surface area (Å²) in [6.45, 7) is 0. The molecule has 13 rings (SSSR count). The summed E-state index contributed by atoms with van der Waals surface area (Å²) in [5, 5.41) is 30.7. The lowest BCUT2D eigenvalue weighted by molar-refractivity contribution is 1.18. The Balaban J connectivity index is 1.29. The highest BCUT2D eigenvalue weighted by atomic mass is 32.1. The Hall–Kier alpha value is -8.72. The third-order valence-electron chi connectivity index (χ3n) is 13.1. The molecule has 0 atom stereocenters. The van der Waals surface area contributed by atoms with Crippen molar-refractivity contribution in [2.75, 3.05) is 0 Å². The second-order valence-electron chi connectivity index (χ2n) is 16.7. The van der Waals surface area contributed by atoms with Crippen LogP contribution in [0.4, 0.5) is 0 Å². The number of fused-ring (bicyclic) bond motifs is 11. The summed E-state index contributed by atoms with van der Waals surface area (Å²) in [5.74, 6) is 0. The van der Waals surface area contributed by atoms with Gasteiger partial charge in [-0.25, -0.2) is 0 Å². The largest absolute Gasteiger partial charge is 0.304 e. The maximum Gasteiger partial charge on any atom is 0.103 e. The summed E-state index contributed by atoms with van der Waals surface area (Å²) in [6.07, 6.45) is 7.19. The minimum Gasteiger partial charge on any atom is -0.304 e. The summed E-state index contributed by atoms with van der Waals surface area (Å²) in [7, 11) is 0. The number of hydrogen-bond donors (Lipinski definition) is 0. The average molecular weight is 888 g/mol. The van der Waals surface area contributed by atoms with Gasteiger partial charge in [0.05, 0.1) is 37.2 Å².